The van der Waals surface area contributed by atoms with Crippen LogP contribution in [0, 0.1) is 6.85 Å². The number of piperidine rings is 1. The Morgan fingerprint density at radius 2 is 1.93 bits per heavy atom. The van der Waals surface area contributed by atoms with Gasteiger partial charge in [0, 0.05) is 29.4 Å². The van der Waals surface area contributed by atoms with Crippen LogP contribution in [-0.4, -0.2) is 54.8 Å². The van der Waals surface area contributed by atoms with Crippen molar-refractivity contribution in [2.75, 3.05) is 23.7 Å². The third-order valence-corrected chi connectivity index (χ3v) is 6.93. The highest BCUT2D eigenvalue weighted by molar-refractivity contribution is 7.18. The van der Waals surface area contributed by atoms with Crippen LogP contribution in [-0.2, 0) is 7.05 Å². The lowest BCUT2D eigenvalue weighted by molar-refractivity contribution is 0.127. The minimum Gasteiger partial charge on any atom is -0.365 e. The lowest BCUT2D eigenvalue weighted by Crippen LogP contribution is -2.43. The van der Waals surface area contributed by atoms with Crippen LogP contribution < -0.4 is 10.6 Å². The quantitative estimate of drug-likeness (QED) is 0.632. The number of anilines is 3. The minimum atomic E-state index is -2.27. The number of fused-ring (bicyclic) bond motifs is 1. The normalized spacial score (nSPS) is 24.9. The number of aromatic nitrogens is 5. The summed E-state index contributed by atoms with van der Waals surface area (Å²) in [6.07, 6.45) is 12.0. The maximum atomic E-state index is 7.77. The van der Waals surface area contributed by atoms with Crippen LogP contribution in [0.1, 0.15) is 54.1 Å². The fraction of sp³-hybridized carbons (Fsp3) is 0.619. The first-order valence-electron chi connectivity index (χ1n) is 12.3. The van der Waals surface area contributed by atoms with E-state index in [2.05, 4.69) is 35.6 Å². The number of hydrogen-bond donors (Lipinski definition) is 2. The van der Waals surface area contributed by atoms with E-state index in [4.69, 9.17) is 4.11 Å². The maximum absolute atomic E-state index is 7.77. The van der Waals surface area contributed by atoms with E-state index in [0.717, 1.165) is 29.9 Å². The van der Waals surface area contributed by atoms with E-state index in [0.29, 0.717) is 28.2 Å². The zero-order valence-electron chi connectivity index (χ0n) is 20.3. The summed E-state index contributed by atoms with van der Waals surface area (Å²) in [7, 11) is 1.84. The molecule has 0 radical (unpaired) electrons. The maximum Gasteiger partial charge on any atom is 0.230 e. The van der Waals surface area contributed by atoms with E-state index in [1.165, 1.54) is 45.2 Å². The summed E-state index contributed by atoms with van der Waals surface area (Å²) in [5.41, 5.74) is 1.30. The molecule has 3 aromatic heterocycles. The predicted molar refractivity (Wildman–Crippen MR) is 122 cm³/mol. The second kappa shape index (κ2) is 8.47. The van der Waals surface area contributed by atoms with Crippen LogP contribution in [0.15, 0.2) is 12.4 Å². The summed E-state index contributed by atoms with van der Waals surface area (Å²) >= 11 is 1.10. The molecule has 2 aliphatic rings. The molecule has 0 aromatic carbocycles. The molecule has 2 fully saturated rings. The molecule has 30 heavy (non-hydrogen) atoms. The van der Waals surface area contributed by atoms with Crippen LogP contribution in [0.4, 0.5) is 17.5 Å². The molecule has 1 aliphatic carbocycles. The Labute approximate surface area is 185 Å². The van der Waals surface area contributed by atoms with Gasteiger partial charge in [0.15, 0.2) is 10.6 Å². The Hall–Kier alpha value is -2.26. The molecule has 1 saturated carbocycles. The lowest BCUT2D eigenvalue weighted by atomic mass is 9.89. The van der Waals surface area contributed by atoms with Crippen LogP contribution in [0.5, 0.6) is 0 Å². The Morgan fingerprint density at radius 3 is 2.67 bits per heavy atom. The number of nitrogens with zero attached hydrogens (tertiary/aromatic N) is 6. The second-order valence-corrected chi connectivity index (χ2v) is 9.32. The largest absolute Gasteiger partial charge is 0.365 e. The summed E-state index contributed by atoms with van der Waals surface area (Å²) < 4.78 is 25.0. The first-order chi connectivity index (χ1) is 15.8. The molecule has 4 heterocycles. The van der Waals surface area contributed by atoms with Crippen LogP contribution >= 0.6 is 11.3 Å². The van der Waals surface area contributed by atoms with Gasteiger partial charge in [-0.25, -0.2) is 4.98 Å². The number of thiazole rings is 1. The van der Waals surface area contributed by atoms with Crippen molar-refractivity contribution >= 4 is 39.1 Å². The molecule has 0 unspecified atom stereocenters. The molecule has 0 atom stereocenters. The second-order valence-electron chi connectivity index (χ2n) is 8.34. The van der Waals surface area contributed by atoms with E-state index in [-0.39, 0.29) is 11.0 Å². The van der Waals surface area contributed by atoms with Crippen molar-refractivity contribution < 1.29 is 4.11 Å². The van der Waals surface area contributed by atoms with Crippen molar-refractivity contribution in [2.24, 2.45) is 7.05 Å². The van der Waals surface area contributed by atoms with Gasteiger partial charge in [-0.15, -0.1) is 0 Å². The monoisotopic (exact) mass is 429 g/mol. The highest BCUT2D eigenvalue weighted by Gasteiger charge is 2.27. The molecule has 0 spiro atoms. The standard InChI is InChI=1S/C21H30N8S/c1-14-23-18-19(24-15-6-8-17(9-7-15)29-10-4-3-5-11-29)26-21(27-20(18)30-14)25-16-12-22-28(2)13-16/h12-13,15,17H,3-11H2,1-2H3,(H2,24,25,26,27)/i1D3. The summed E-state index contributed by atoms with van der Waals surface area (Å²) in [5.74, 6) is 1.00. The topological polar surface area (TPSA) is 83.8 Å². The van der Waals surface area contributed by atoms with Gasteiger partial charge in [0.2, 0.25) is 5.95 Å². The van der Waals surface area contributed by atoms with E-state index in [9.17, 15) is 0 Å². The van der Waals surface area contributed by atoms with Gasteiger partial charge < -0.3 is 15.5 Å². The Morgan fingerprint density at radius 1 is 1.10 bits per heavy atom. The number of hydrogen-bond acceptors (Lipinski definition) is 8. The molecular formula is C21H30N8S. The molecule has 0 amide bonds. The first-order valence-corrected chi connectivity index (χ1v) is 11.6. The van der Waals surface area contributed by atoms with Gasteiger partial charge in [0.1, 0.15) is 5.52 Å². The van der Waals surface area contributed by atoms with E-state index in [1.807, 2.05) is 13.2 Å². The summed E-state index contributed by atoms with van der Waals surface area (Å²) in [5, 5.41) is 11.0. The van der Waals surface area contributed by atoms with Crippen LogP contribution in [0.25, 0.3) is 10.3 Å². The zero-order valence-corrected chi connectivity index (χ0v) is 18.1. The smallest absolute Gasteiger partial charge is 0.230 e. The SMILES string of the molecule is [2H]C([2H])([2H])c1nc2c(NC3CCC(N4CCCCC4)CC3)nc(Nc3cnn(C)c3)nc2s1. The van der Waals surface area contributed by atoms with Gasteiger partial charge >= 0.3 is 0 Å². The molecule has 1 aliphatic heterocycles. The lowest BCUT2D eigenvalue weighted by Gasteiger charge is -2.39. The fourth-order valence-electron chi connectivity index (χ4n) is 4.66. The summed E-state index contributed by atoms with van der Waals surface area (Å²) in [6, 6.07) is 0.964. The van der Waals surface area contributed by atoms with Crippen molar-refractivity contribution in [1.82, 2.24) is 29.6 Å². The van der Waals surface area contributed by atoms with E-state index >= 15 is 0 Å². The number of aryl methyl sites for hydroxylation is 2. The van der Waals surface area contributed by atoms with E-state index in [1.54, 1.807) is 10.9 Å². The van der Waals surface area contributed by atoms with Crippen LogP contribution in [0.2, 0.25) is 0 Å². The average Bonchev–Trinajstić information content (AvgIpc) is 3.41. The van der Waals surface area contributed by atoms with Gasteiger partial charge in [0.05, 0.1) is 16.9 Å². The zero-order chi connectivity index (χ0) is 23.0. The Bertz CT molecular complexity index is 1100. The first kappa shape index (κ1) is 16.4. The van der Waals surface area contributed by atoms with Gasteiger partial charge in [-0.2, -0.15) is 15.1 Å². The molecule has 9 heteroatoms. The number of rotatable bonds is 5. The molecule has 8 nitrogen and oxygen atoms in total. The Kier molecular flexibility index (Phi) is 4.64. The Balaban J connectivity index is 1.36. The fourth-order valence-corrected chi connectivity index (χ4v) is 5.35. The molecule has 0 bridgehead atoms. The summed E-state index contributed by atoms with van der Waals surface area (Å²) in [4.78, 5) is 16.9. The third kappa shape index (κ3) is 4.27. The van der Waals surface area contributed by atoms with E-state index < -0.39 is 6.85 Å². The van der Waals surface area contributed by atoms with Crippen molar-refractivity contribution in [1.29, 1.82) is 0 Å². The molecule has 1 saturated heterocycles. The number of likely N-dealkylation sites (tertiary alicyclic amines) is 1. The summed E-state index contributed by atoms with van der Waals surface area (Å²) in [6.45, 7) is 0.191. The van der Waals surface area contributed by atoms with Crippen LogP contribution in [0.3, 0.4) is 0 Å². The van der Waals surface area contributed by atoms with Crippen molar-refractivity contribution in [2.45, 2.75) is 63.9 Å². The third-order valence-electron chi connectivity index (χ3n) is 6.16. The van der Waals surface area contributed by atoms with Crippen molar-refractivity contribution in [3.8, 4) is 0 Å². The predicted octanol–water partition coefficient (Wildman–Crippen LogP) is 4.08. The minimum absolute atomic E-state index is 0.0854. The molecule has 2 N–H and O–H groups in total. The van der Waals surface area contributed by atoms with Gasteiger partial charge in [-0.1, -0.05) is 17.8 Å². The van der Waals surface area contributed by atoms with Gasteiger partial charge in [0.25, 0.3) is 0 Å². The molecular weight excluding hydrogens is 396 g/mol. The highest BCUT2D eigenvalue weighted by Crippen LogP contribution is 2.31. The average molecular weight is 430 g/mol. The van der Waals surface area contributed by atoms with Crippen molar-refractivity contribution in [3.05, 3.63) is 17.4 Å². The highest BCUT2D eigenvalue weighted by atomic mass is 32.1. The van der Waals surface area contributed by atoms with Crippen molar-refractivity contribution in [3.63, 3.8) is 0 Å². The van der Waals surface area contributed by atoms with Gasteiger partial charge in [-0.05, 0) is 58.5 Å². The van der Waals surface area contributed by atoms with Gasteiger partial charge in [-0.3, -0.25) is 4.68 Å². The molecule has 3 aromatic rings. The molecule has 5 rings (SSSR count). The molecule has 160 valence electrons. The number of nitrogens with one attached hydrogen (secondary N) is 2.